The SMILES string of the molecule is C/C=C/[C@@H]1O[C@H]([C@@H](/C=C/C=C(\C)C[C@@H](C)/C=C(C)\C=C\[C@H]2CC=CC(=O)O2)NC(=O)OCCc2cn(CCC[C@H](NC(=O)CC[C@H](CC(=O)CC[C@H](NC(=O)c3ccc(NCc4cnc5nc(N)[nH]c(=O)c5n4)cc3)C(=O)O)C(=O)O)C(=O)O)nn2)C[C@@H](O)[C@@H]1C. The first-order chi connectivity index (χ1) is 43.4. The topological polar surface area (TPSA) is 422 Å². The molecular formula is C63H80N12O16. The van der Waals surface area contributed by atoms with Crippen molar-refractivity contribution in [2.75, 3.05) is 17.7 Å². The summed E-state index contributed by atoms with van der Waals surface area (Å²) in [5.41, 5.74) is 8.73. The normalized spacial score (nSPS) is 19.5. The van der Waals surface area contributed by atoms with Crippen LogP contribution in [0.5, 0.6) is 0 Å². The number of alkyl carbamates (subject to hydrolysis) is 1. The molecule has 4 aromatic rings. The van der Waals surface area contributed by atoms with Gasteiger partial charge in [-0.05, 0) is 89.1 Å². The van der Waals surface area contributed by atoms with Crippen LogP contribution >= 0.6 is 0 Å². The van der Waals surface area contributed by atoms with Crippen LogP contribution in [0.15, 0.2) is 113 Å². The Hall–Kier alpha value is -9.70. The summed E-state index contributed by atoms with van der Waals surface area (Å²) in [7, 11) is 0. The number of aliphatic hydroxyl groups is 1. The third-order valence-corrected chi connectivity index (χ3v) is 15.0. The molecule has 91 heavy (non-hydrogen) atoms. The van der Waals surface area contributed by atoms with Crippen molar-refractivity contribution in [2.45, 2.75) is 161 Å². The first-order valence-electron chi connectivity index (χ1n) is 29.9. The van der Waals surface area contributed by atoms with Gasteiger partial charge in [0, 0.05) is 74.5 Å². The fraction of sp³-hybridized carbons (Fsp3) is 0.460. The van der Waals surface area contributed by atoms with Crippen molar-refractivity contribution in [3.8, 4) is 0 Å². The number of ether oxygens (including phenoxy) is 3. The van der Waals surface area contributed by atoms with Crippen molar-refractivity contribution < 1.29 is 73.0 Å². The number of aromatic amines is 1. The van der Waals surface area contributed by atoms with Gasteiger partial charge in [-0.3, -0.25) is 33.6 Å². The number of Topliss-reactive ketones (excluding diaryl/α,β-unsaturated/α-hetero) is 1. The minimum atomic E-state index is -1.51. The summed E-state index contributed by atoms with van der Waals surface area (Å²) in [6.07, 6.45) is 18.8. The number of amides is 3. The van der Waals surface area contributed by atoms with Crippen molar-refractivity contribution in [1.29, 1.82) is 0 Å². The molecule has 0 bridgehead atoms. The molecule has 6 rings (SSSR count). The molecule has 1 saturated heterocycles. The Labute approximate surface area is 524 Å². The monoisotopic (exact) mass is 1260 g/mol. The van der Waals surface area contributed by atoms with E-state index in [1.807, 2.05) is 70.2 Å². The number of allylic oxidation sites excluding steroid dienone is 7. The van der Waals surface area contributed by atoms with Gasteiger partial charge in [0.15, 0.2) is 11.2 Å². The number of ketones is 1. The molecule has 1 aromatic carbocycles. The standard InChI is InChI=1S/C63H80N12O16/c1-6-10-51-39(5)50(77)32-52(91-51)47(13-7-11-36(2)29-38(4)30-37(3)16-23-46-12-8-15-54(79)90-46)70-63(88)89-28-26-43-35-75(74-73-43)27-9-14-48(60(84)85)68-53(78)25-19-41(59(82)83)31-45(76)22-24-49(61(86)87)69-57(80)40-17-20-42(21-18-40)65-33-44-34-66-56-55(67-44)58(81)72-62(64)71-56/h6-8,10-11,13,15-18,20-21,23,30,34-35,38-39,41,46-52,65,77H,9,12,14,19,22,24-29,31-33H2,1-5H3,(H,68,78)(H,69,80)(H,70,88)(H,82,83)(H,84,85)(H,86,87)(H3,64,66,71,72,81)/b10-6+,13-7+,23-16+,36-11+,37-30-/t38-,39+,41-,46-,47-,48+,49+,50-,51+,52+/m1/s1. The van der Waals surface area contributed by atoms with E-state index in [0.29, 0.717) is 23.5 Å². The number of benzene rings is 1. The number of carboxylic acids is 3. The third kappa shape index (κ3) is 23.3. The van der Waals surface area contributed by atoms with E-state index in [9.17, 15) is 63.6 Å². The van der Waals surface area contributed by atoms with Gasteiger partial charge in [-0.1, -0.05) is 78.8 Å². The second-order valence-corrected chi connectivity index (χ2v) is 22.6. The van der Waals surface area contributed by atoms with Gasteiger partial charge in [0.05, 0.1) is 61.0 Å². The molecule has 3 aromatic heterocycles. The van der Waals surface area contributed by atoms with Crippen LogP contribution in [0, 0.1) is 17.8 Å². The number of esters is 1. The zero-order valence-electron chi connectivity index (χ0n) is 51.4. The highest BCUT2D eigenvalue weighted by Gasteiger charge is 2.37. The number of rotatable bonds is 34. The maximum absolute atomic E-state index is 13.3. The number of hydrogen-bond acceptors (Lipinski definition) is 20. The number of anilines is 2. The average Bonchev–Trinajstić information content (AvgIpc) is 1.47. The fourth-order valence-corrected chi connectivity index (χ4v) is 10.1. The highest BCUT2D eigenvalue weighted by Crippen LogP contribution is 2.29. The van der Waals surface area contributed by atoms with Crippen molar-refractivity contribution in [2.24, 2.45) is 17.8 Å². The molecule has 0 aliphatic carbocycles. The molecule has 0 unspecified atom stereocenters. The first kappa shape index (κ1) is 70.4. The lowest BCUT2D eigenvalue weighted by Crippen LogP contribution is -2.51. The predicted molar refractivity (Wildman–Crippen MR) is 332 cm³/mol. The molecule has 28 heteroatoms. The molecule has 28 nitrogen and oxygen atoms in total. The summed E-state index contributed by atoms with van der Waals surface area (Å²) in [6, 6.07) is 2.43. The Kier molecular flexibility index (Phi) is 27.0. The number of aromatic nitrogens is 7. The molecule has 3 amide bonds. The summed E-state index contributed by atoms with van der Waals surface area (Å²) < 4.78 is 18.7. The molecule has 11 N–H and O–H groups in total. The smallest absolute Gasteiger partial charge is 0.407 e. The Balaban J connectivity index is 0.903. The first-order valence-corrected chi connectivity index (χ1v) is 29.9. The lowest BCUT2D eigenvalue weighted by Gasteiger charge is -2.39. The Bertz CT molecular complexity index is 3460. The highest BCUT2D eigenvalue weighted by molar-refractivity contribution is 5.97. The molecule has 2 aliphatic heterocycles. The van der Waals surface area contributed by atoms with E-state index in [4.69, 9.17) is 19.9 Å². The predicted octanol–water partition coefficient (Wildman–Crippen LogP) is 5.22. The summed E-state index contributed by atoms with van der Waals surface area (Å²) >= 11 is 0. The number of carbonyl (C=O) groups is 8. The zero-order valence-corrected chi connectivity index (χ0v) is 51.4. The number of fused-ring (bicyclic) bond motifs is 1. The van der Waals surface area contributed by atoms with Crippen LogP contribution < -0.4 is 32.6 Å². The molecular weight excluding hydrogens is 1180 g/mol. The van der Waals surface area contributed by atoms with Crippen LogP contribution in [0.25, 0.3) is 11.2 Å². The molecule has 5 heterocycles. The molecule has 2 aliphatic rings. The minimum Gasteiger partial charge on any atom is -0.481 e. The quantitative estimate of drug-likeness (QED) is 0.0163. The van der Waals surface area contributed by atoms with Gasteiger partial charge in [-0.25, -0.2) is 29.1 Å². The number of aliphatic carboxylic acids is 3. The Morgan fingerprint density at radius 1 is 0.923 bits per heavy atom. The largest absolute Gasteiger partial charge is 0.481 e. The van der Waals surface area contributed by atoms with Gasteiger partial charge < -0.3 is 61.6 Å². The van der Waals surface area contributed by atoms with E-state index in [-0.39, 0.29) is 111 Å². The van der Waals surface area contributed by atoms with Crippen LogP contribution in [0.3, 0.4) is 0 Å². The number of aliphatic hydroxyl groups excluding tert-OH is 1. The third-order valence-electron chi connectivity index (χ3n) is 15.0. The summed E-state index contributed by atoms with van der Waals surface area (Å²) in [6.45, 7) is 10.2. The van der Waals surface area contributed by atoms with Crippen LogP contribution in [0.2, 0.25) is 0 Å². The second kappa shape index (κ2) is 34.9. The number of nitrogens with two attached hydrogens (primary N) is 1. The number of nitrogen functional groups attached to an aromatic ring is 1. The number of carbonyl (C=O) groups excluding carboxylic acids is 5. The molecule has 0 spiro atoms. The van der Waals surface area contributed by atoms with Gasteiger partial charge in [-0.15, -0.1) is 5.10 Å². The fourth-order valence-electron chi connectivity index (χ4n) is 10.1. The van der Waals surface area contributed by atoms with Crippen molar-refractivity contribution in [3.63, 3.8) is 0 Å². The van der Waals surface area contributed by atoms with Crippen molar-refractivity contribution in [1.82, 2.24) is 50.9 Å². The van der Waals surface area contributed by atoms with E-state index in [1.165, 1.54) is 29.1 Å². The number of nitrogens with one attached hydrogen (secondary N) is 5. The Morgan fingerprint density at radius 3 is 2.38 bits per heavy atom. The number of H-pyrrole nitrogens is 1. The van der Waals surface area contributed by atoms with E-state index >= 15 is 0 Å². The number of hydrogen-bond donors (Lipinski definition) is 10. The van der Waals surface area contributed by atoms with E-state index in [1.54, 1.807) is 24.4 Å². The van der Waals surface area contributed by atoms with E-state index in [0.717, 1.165) is 17.6 Å². The summed E-state index contributed by atoms with van der Waals surface area (Å²) in [4.78, 5) is 127. The molecule has 488 valence electrons. The van der Waals surface area contributed by atoms with Crippen molar-refractivity contribution in [3.05, 3.63) is 136 Å². The van der Waals surface area contributed by atoms with Crippen LogP contribution in [-0.4, -0.2) is 152 Å². The lowest BCUT2D eigenvalue weighted by atomic mass is 9.87. The van der Waals surface area contributed by atoms with Gasteiger partial charge in [0.1, 0.15) is 24.0 Å². The average molecular weight is 1260 g/mol. The highest BCUT2D eigenvalue weighted by atomic mass is 16.6. The van der Waals surface area contributed by atoms with Gasteiger partial charge in [-0.2, -0.15) is 4.98 Å². The molecule has 0 saturated carbocycles. The van der Waals surface area contributed by atoms with Crippen LogP contribution in [-0.2, 0) is 62.5 Å². The van der Waals surface area contributed by atoms with Crippen LogP contribution in [0.4, 0.5) is 16.4 Å². The number of nitrogens with zero attached hydrogens (tertiary/aromatic N) is 6. The zero-order chi connectivity index (χ0) is 66.1. The molecule has 1 fully saturated rings. The molecule has 10 atom stereocenters. The summed E-state index contributed by atoms with van der Waals surface area (Å²) in [5.74, 6) is -8.10. The van der Waals surface area contributed by atoms with E-state index < -0.39 is 103 Å². The second-order valence-electron chi connectivity index (χ2n) is 22.6. The van der Waals surface area contributed by atoms with Gasteiger partial charge in [0.2, 0.25) is 11.9 Å². The lowest BCUT2D eigenvalue weighted by molar-refractivity contribution is -0.145. The number of carboxylic acid groups (broad SMARTS) is 3. The van der Waals surface area contributed by atoms with Crippen LogP contribution in [0.1, 0.15) is 121 Å². The number of aryl methyl sites for hydroxylation is 1. The Morgan fingerprint density at radius 2 is 1.67 bits per heavy atom. The van der Waals surface area contributed by atoms with Crippen molar-refractivity contribution >= 4 is 70.4 Å². The minimum absolute atomic E-state index is 0.000188. The van der Waals surface area contributed by atoms with Gasteiger partial charge in [0.25, 0.3) is 11.5 Å². The van der Waals surface area contributed by atoms with Gasteiger partial charge >= 0.3 is 30.0 Å². The molecule has 0 radical (unpaired) electrons. The summed E-state index contributed by atoms with van der Waals surface area (Å²) in [5, 5.41) is 59.6. The number of cyclic esters (lactones) is 1. The van der Waals surface area contributed by atoms with E-state index in [2.05, 4.69) is 64.5 Å². The maximum atomic E-state index is 13.3. The maximum Gasteiger partial charge on any atom is 0.407 e.